The van der Waals surface area contributed by atoms with Gasteiger partial charge in [0, 0.05) is 20.3 Å². The molecule has 0 unspecified atom stereocenters. The largest absolute Gasteiger partial charge is 0.504 e. The van der Waals surface area contributed by atoms with Crippen molar-refractivity contribution in [3.05, 3.63) is 23.8 Å². The van der Waals surface area contributed by atoms with Crippen LogP contribution in [0.5, 0.6) is 11.5 Å². The van der Waals surface area contributed by atoms with Crippen LogP contribution in [0.2, 0.25) is 0 Å². The van der Waals surface area contributed by atoms with E-state index in [1.807, 2.05) is 0 Å². The minimum Gasteiger partial charge on any atom is -0.504 e. The standard InChI is InChI=1S/C15H23NO5/c1-19-10-11-21-9-4-3-8-16-15(18)12-6-5-7-13(20-2)14(12)17/h5-7,17H,3-4,8-11H2,1-2H3,(H,16,18). The van der Waals surface area contributed by atoms with E-state index in [-0.39, 0.29) is 23.0 Å². The summed E-state index contributed by atoms with van der Waals surface area (Å²) in [6.07, 6.45) is 1.66. The van der Waals surface area contributed by atoms with E-state index in [4.69, 9.17) is 14.2 Å². The van der Waals surface area contributed by atoms with Crippen molar-refractivity contribution in [1.82, 2.24) is 5.32 Å². The van der Waals surface area contributed by atoms with E-state index in [0.717, 1.165) is 12.8 Å². The number of methoxy groups -OCH3 is 2. The SMILES string of the molecule is COCCOCCCCNC(=O)c1cccc(OC)c1O. The maximum atomic E-state index is 11.9. The van der Waals surface area contributed by atoms with E-state index in [1.165, 1.54) is 7.11 Å². The van der Waals surface area contributed by atoms with Gasteiger partial charge in [-0.3, -0.25) is 4.79 Å². The van der Waals surface area contributed by atoms with Crippen molar-refractivity contribution in [3.8, 4) is 11.5 Å². The molecule has 0 aromatic heterocycles. The molecule has 0 aliphatic heterocycles. The van der Waals surface area contributed by atoms with Crippen molar-refractivity contribution >= 4 is 5.91 Å². The lowest BCUT2D eigenvalue weighted by Crippen LogP contribution is -2.24. The molecule has 0 atom stereocenters. The average molecular weight is 297 g/mol. The molecule has 2 N–H and O–H groups in total. The Morgan fingerprint density at radius 3 is 2.71 bits per heavy atom. The van der Waals surface area contributed by atoms with Crippen LogP contribution in [0.1, 0.15) is 23.2 Å². The predicted octanol–water partition coefficient (Wildman–Crippen LogP) is 1.57. The van der Waals surface area contributed by atoms with E-state index in [9.17, 15) is 9.90 Å². The molecule has 6 nitrogen and oxygen atoms in total. The first-order valence-electron chi connectivity index (χ1n) is 6.91. The summed E-state index contributed by atoms with van der Waals surface area (Å²) in [7, 11) is 3.08. The first kappa shape index (κ1) is 17.3. The minimum atomic E-state index is -0.313. The fourth-order valence-corrected chi connectivity index (χ4v) is 1.74. The Morgan fingerprint density at radius 2 is 2.00 bits per heavy atom. The monoisotopic (exact) mass is 297 g/mol. The van der Waals surface area contributed by atoms with Crippen molar-refractivity contribution in [1.29, 1.82) is 0 Å². The molecule has 0 heterocycles. The van der Waals surface area contributed by atoms with Crippen molar-refractivity contribution in [2.24, 2.45) is 0 Å². The van der Waals surface area contributed by atoms with Gasteiger partial charge < -0.3 is 24.6 Å². The summed E-state index contributed by atoms with van der Waals surface area (Å²) in [5.41, 5.74) is 0.214. The number of nitrogens with one attached hydrogen (secondary N) is 1. The maximum absolute atomic E-state index is 11.9. The molecule has 0 aliphatic rings. The van der Waals surface area contributed by atoms with Gasteiger partial charge in [-0.05, 0) is 25.0 Å². The number of ether oxygens (including phenoxy) is 3. The van der Waals surface area contributed by atoms with Crippen LogP contribution in [0.4, 0.5) is 0 Å². The third kappa shape index (κ3) is 6.01. The second-order valence-electron chi connectivity index (χ2n) is 4.42. The van der Waals surface area contributed by atoms with E-state index in [2.05, 4.69) is 5.32 Å². The quantitative estimate of drug-likeness (QED) is 0.641. The Bertz CT molecular complexity index is 436. The van der Waals surface area contributed by atoms with Crippen LogP contribution in [0.15, 0.2) is 18.2 Å². The molecule has 1 aromatic carbocycles. The Hall–Kier alpha value is -1.79. The van der Waals surface area contributed by atoms with Crippen LogP contribution >= 0.6 is 0 Å². The van der Waals surface area contributed by atoms with Crippen molar-refractivity contribution in [3.63, 3.8) is 0 Å². The summed E-state index contributed by atoms with van der Waals surface area (Å²) < 4.78 is 15.2. The average Bonchev–Trinajstić information content (AvgIpc) is 2.50. The number of hydrogen-bond acceptors (Lipinski definition) is 5. The van der Waals surface area contributed by atoms with Crippen molar-refractivity contribution < 1.29 is 24.1 Å². The van der Waals surface area contributed by atoms with E-state index >= 15 is 0 Å². The number of unbranched alkanes of at least 4 members (excludes halogenated alkanes) is 1. The second-order valence-corrected chi connectivity index (χ2v) is 4.42. The third-order valence-electron chi connectivity index (χ3n) is 2.90. The predicted molar refractivity (Wildman–Crippen MR) is 78.9 cm³/mol. The number of rotatable bonds is 10. The molecule has 0 saturated carbocycles. The van der Waals surface area contributed by atoms with Gasteiger partial charge in [0.05, 0.1) is 25.9 Å². The number of hydrogen-bond donors (Lipinski definition) is 2. The van der Waals surface area contributed by atoms with Crippen LogP contribution in [-0.4, -0.2) is 51.6 Å². The molecule has 118 valence electrons. The molecule has 0 radical (unpaired) electrons. The lowest BCUT2D eigenvalue weighted by atomic mass is 10.1. The van der Waals surface area contributed by atoms with Crippen LogP contribution in [0.25, 0.3) is 0 Å². The molecule has 0 saturated heterocycles. The number of phenols is 1. The summed E-state index contributed by atoms with van der Waals surface area (Å²) in [5, 5.41) is 12.6. The van der Waals surface area contributed by atoms with Crippen LogP contribution in [0, 0.1) is 0 Å². The van der Waals surface area contributed by atoms with Gasteiger partial charge in [-0.25, -0.2) is 0 Å². The first-order chi connectivity index (χ1) is 10.2. The summed E-state index contributed by atoms with van der Waals surface area (Å²) in [5.74, 6) is -0.165. The molecular formula is C15H23NO5. The Kier molecular flexibility index (Phi) is 8.23. The highest BCUT2D eigenvalue weighted by molar-refractivity contribution is 5.97. The highest BCUT2D eigenvalue weighted by atomic mass is 16.5. The van der Waals surface area contributed by atoms with Crippen LogP contribution in [0.3, 0.4) is 0 Å². The molecule has 0 aliphatic carbocycles. The lowest BCUT2D eigenvalue weighted by Gasteiger charge is -2.09. The molecule has 0 fully saturated rings. The molecule has 1 aromatic rings. The number of para-hydroxylation sites is 1. The topological polar surface area (TPSA) is 77.0 Å². The third-order valence-corrected chi connectivity index (χ3v) is 2.90. The zero-order valence-corrected chi connectivity index (χ0v) is 12.6. The van der Waals surface area contributed by atoms with Crippen molar-refractivity contribution in [2.45, 2.75) is 12.8 Å². The molecule has 21 heavy (non-hydrogen) atoms. The van der Waals surface area contributed by atoms with Gasteiger partial charge in [0.2, 0.25) is 0 Å². The lowest BCUT2D eigenvalue weighted by molar-refractivity contribution is 0.0686. The molecule has 1 amide bonds. The van der Waals surface area contributed by atoms with Gasteiger partial charge >= 0.3 is 0 Å². The fraction of sp³-hybridized carbons (Fsp3) is 0.533. The van der Waals surface area contributed by atoms with Gasteiger partial charge in [-0.1, -0.05) is 6.07 Å². The zero-order valence-electron chi connectivity index (χ0n) is 12.6. The molecule has 0 spiro atoms. The van der Waals surface area contributed by atoms with Gasteiger partial charge in [0.1, 0.15) is 0 Å². The van der Waals surface area contributed by atoms with Gasteiger partial charge in [-0.2, -0.15) is 0 Å². The Balaban J connectivity index is 2.25. The number of carbonyl (C=O) groups is 1. The highest BCUT2D eigenvalue weighted by Crippen LogP contribution is 2.29. The fourth-order valence-electron chi connectivity index (χ4n) is 1.74. The number of benzene rings is 1. The smallest absolute Gasteiger partial charge is 0.255 e. The van der Waals surface area contributed by atoms with Crippen molar-refractivity contribution in [2.75, 3.05) is 40.6 Å². The first-order valence-corrected chi connectivity index (χ1v) is 6.91. The van der Waals surface area contributed by atoms with Crippen LogP contribution < -0.4 is 10.1 Å². The minimum absolute atomic E-state index is 0.139. The van der Waals surface area contributed by atoms with Gasteiger partial charge in [-0.15, -0.1) is 0 Å². The van der Waals surface area contributed by atoms with E-state index in [1.54, 1.807) is 25.3 Å². The molecule has 6 heteroatoms. The molecular weight excluding hydrogens is 274 g/mol. The maximum Gasteiger partial charge on any atom is 0.255 e. The number of phenolic OH excluding ortho intramolecular Hbond substituents is 1. The Morgan fingerprint density at radius 1 is 1.19 bits per heavy atom. The molecule has 1 rings (SSSR count). The number of carbonyl (C=O) groups excluding carboxylic acids is 1. The second kappa shape index (κ2) is 10.0. The summed E-state index contributed by atoms with van der Waals surface area (Å²) >= 11 is 0. The van der Waals surface area contributed by atoms with E-state index < -0.39 is 0 Å². The van der Waals surface area contributed by atoms with Gasteiger partial charge in [0.25, 0.3) is 5.91 Å². The van der Waals surface area contributed by atoms with Crippen LogP contribution in [-0.2, 0) is 9.47 Å². The summed E-state index contributed by atoms with van der Waals surface area (Å²) in [6.45, 7) is 2.35. The number of amides is 1. The zero-order chi connectivity index (χ0) is 15.5. The summed E-state index contributed by atoms with van der Waals surface area (Å²) in [4.78, 5) is 11.9. The van der Waals surface area contributed by atoms with Gasteiger partial charge in [0.15, 0.2) is 11.5 Å². The van der Waals surface area contributed by atoms with E-state index in [0.29, 0.717) is 26.4 Å². The normalized spacial score (nSPS) is 10.4. The summed E-state index contributed by atoms with van der Waals surface area (Å²) in [6, 6.07) is 4.82. The highest BCUT2D eigenvalue weighted by Gasteiger charge is 2.13. The number of aromatic hydroxyl groups is 1. The molecule has 0 bridgehead atoms. The Labute approximate surface area is 125 Å².